The van der Waals surface area contributed by atoms with Crippen LogP contribution in [0.4, 0.5) is 0 Å². The van der Waals surface area contributed by atoms with Gasteiger partial charge in [0.05, 0.1) is 18.3 Å². The number of nitrogens with zero attached hydrogens (tertiary/aromatic N) is 4. The standard InChI is InChI=1S/C21H38N6O2/c1-6-16(7-2)18-14-17(29-25-18)15-24-21(22-3)23-11-9-13-27-12-8-10-19(27)20(28)26(4)5/h14,16,19H,6-13,15H2,1-5H3,(H2,22,23,24). The van der Waals surface area contributed by atoms with Crippen LogP contribution in [0, 0.1) is 0 Å². The number of aromatic nitrogens is 1. The van der Waals surface area contributed by atoms with E-state index in [1.54, 1.807) is 11.9 Å². The van der Waals surface area contributed by atoms with E-state index in [2.05, 4.69) is 39.5 Å². The van der Waals surface area contributed by atoms with E-state index in [1.165, 1.54) is 0 Å². The number of nitrogens with one attached hydrogen (secondary N) is 2. The summed E-state index contributed by atoms with van der Waals surface area (Å²) in [6, 6.07) is 2.07. The van der Waals surface area contributed by atoms with Crippen molar-refractivity contribution in [1.29, 1.82) is 0 Å². The van der Waals surface area contributed by atoms with Gasteiger partial charge in [-0.2, -0.15) is 0 Å². The molecule has 0 radical (unpaired) electrons. The van der Waals surface area contributed by atoms with Crippen molar-refractivity contribution in [2.75, 3.05) is 40.8 Å². The number of likely N-dealkylation sites (N-methyl/N-ethyl adjacent to an activating group) is 1. The van der Waals surface area contributed by atoms with Crippen molar-refractivity contribution in [3.05, 3.63) is 17.5 Å². The number of guanidine groups is 1. The molecule has 1 aromatic rings. The lowest BCUT2D eigenvalue weighted by Crippen LogP contribution is -2.44. The number of carbonyl (C=O) groups is 1. The predicted molar refractivity (Wildman–Crippen MR) is 116 cm³/mol. The fourth-order valence-corrected chi connectivity index (χ4v) is 3.86. The molecule has 8 nitrogen and oxygen atoms in total. The van der Waals surface area contributed by atoms with E-state index in [1.807, 2.05) is 20.2 Å². The normalized spacial score (nSPS) is 17.7. The first kappa shape index (κ1) is 23.2. The Labute approximate surface area is 175 Å². The van der Waals surface area contributed by atoms with Crippen molar-refractivity contribution in [1.82, 2.24) is 25.6 Å². The second-order valence-electron chi connectivity index (χ2n) is 7.86. The van der Waals surface area contributed by atoms with Crippen molar-refractivity contribution >= 4 is 11.9 Å². The van der Waals surface area contributed by atoms with Gasteiger partial charge in [-0.05, 0) is 38.6 Å². The number of carbonyl (C=O) groups excluding carboxylic acids is 1. The highest BCUT2D eigenvalue weighted by Crippen LogP contribution is 2.22. The smallest absolute Gasteiger partial charge is 0.239 e. The highest BCUT2D eigenvalue weighted by Gasteiger charge is 2.30. The average molecular weight is 407 g/mol. The molecule has 2 rings (SSSR count). The third kappa shape index (κ3) is 6.73. The Hall–Kier alpha value is -2.09. The van der Waals surface area contributed by atoms with Crippen molar-refractivity contribution in [3.8, 4) is 0 Å². The van der Waals surface area contributed by atoms with Gasteiger partial charge in [0, 0.05) is 46.2 Å². The van der Waals surface area contributed by atoms with Gasteiger partial charge in [0.15, 0.2) is 11.7 Å². The first-order valence-corrected chi connectivity index (χ1v) is 10.8. The molecule has 2 N–H and O–H groups in total. The van der Waals surface area contributed by atoms with Crippen LogP contribution in [0.2, 0.25) is 0 Å². The van der Waals surface area contributed by atoms with Crippen LogP contribution in [0.25, 0.3) is 0 Å². The van der Waals surface area contributed by atoms with E-state index in [0.717, 1.165) is 69.2 Å². The van der Waals surface area contributed by atoms with E-state index in [-0.39, 0.29) is 11.9 Å². The molecule has 1 aliphatic rings. The third-order valence-electron chi connectivity index (χ3n) is 5.64. The molecule has 1 unspecified atom stereocenters. The van der Waals surface area contributed by atoms with Crippen LogP contribution in [-0.4, -0.2) is 73.6 Å². The molecule has 29 heavy (non-hydrogen) atoms. The van der Waals surface area contributed by atoms with Gasteiger partial charge >= 0.3 is 0 Å². The van der Waals surface area contributed by atoms with Gasteiger partial charge in [0.25, 0.3) is 0 Å². The lowest BCUT2D eigenvalue weighted by Gasteiger charge is -2.26. The van der Waals surface area contributed by atoms with E-state index < -0.39 is 0 Å². The van der Waals surface area contributed by atoms with Crippen LogP contribution in [0.1, 0.15) is 63.3 Å². The molecule has 0 aromatic carbocycles. The minimum absolute atomic E-state index is 0.0400. The summed E-state index contributed by atoms with van der Waals surface area (Å²) < 4.78 is 5.45. The van der Waals surface area contributed by atoms with E-state index in [4.69, 9.17) is 4.52 Å². The van der Waals surface area contributed by atoms with Crippen molar-refractivity contribution < 1.29 is 9.32 Å². The maximum absolute atomic E-state index is 12.3. The first-order valence-electron chi connectivity index (χ1n) is 10.8. The summed E-state index contributed by atoms with van der Waals surface area (Å²) in [5.41, 5.74) is 1.03. The molecular formula is C21H38N6O2. The Kier molecular flexibility index (Phi) is 9.44. The Morgan fingerprint density at radius 1 is 1.38 bits per heavy atom. The molecule has 164 valence electrons. The topological polar surface area (TPSA) is 86.0 Å². The van der Waals surface area contributed by atoms with Crippen molar-refractivity contribution in [3.63, 3.8) is 0 Å². The molecule has 0 bridgehead atoms. The number of rotatable bonds is 10. The fraction of sp³-hybridized carbons (Fsp3) is 0.762. The van der Waals surface area contributed by atoms with Gasteiger partial charge in [-0.3, -0.25) is 14.7 Å². The molecule has 1 amide bonds. The van der Waals surface area contributed by atoms with Crippen molar-refractivity contribution in [2.45, 2.75) is 64.5 Å². The van der Waals surface area contributed by atoms with Crippen LogP contribution in [-0.2, 0) is 11.3 Å². The molecule has 0 spiro atoms. The van der Waals surface area contributed by atoms with Gasteiger partial charge in [-0.1, -0.05) is 19.0 Å². The minimum Gasteiger partial charge on any atom is -0.359 e. The zero-order valence-electron chi connectivity index (χ0n) is 18.7. The van der Waals surface area contributed by atoms with E-state index in [9.17, 15) is 4.79 Å². The second kappa shape index (κ2) is 11.8. The maximum Gasteiger partial charge on any atom is 0.239 e. The van der Waals surface area contributed by atoms with E-state index >= 15 is 0 Å². The number of aliphatic imine (C=N–C) groups is 1. The number of hydrogen-bond acceptors (Lipinski definition) is 5. The Morgan fingerprint density at radius 3 is 2.79 bits per heavy atom. The number of hydrogen-bond donors (Lipinski definition) is 2. The van der Waals surface area contributed by atoms with Crippen LogP contribution in [0.3, 0.4) is 0 Å². The van der Waals surface area contributed by atoms with Crippen LogP contribution in [0.5, 0.6) is 0 Å². The average Bonchev–Trinajstić information content (AvgIpc) is 3.37. The third-order valence-corrected chi connectivity index (χ3v) is 5.64. The zero-order valence-corrected chi connectivity index (χ0v) is 18.7. The van der Waals surface area contributed by atoms with Crippen LogP contribution in [0.15, 0.2) is 15.6 Å². The quantitative estimate of drug-likeness (QED) is 0.352. The van der Waals surface area contributed by atoms with Gasteiger partial charge in [-0.25, -0.2) is 0 Å². The molecule has 1 saturated heterocycles. The highest BCUT2D eigenvalue weighted by molar-refractivity contribution is 5.81. The van der Waals surface area contributed by atoms with Gasteiger partial charge in [-0.15, -0.1) is 0 Å². The molecular weight excluding hydrogens is 368 g/mol. The second-order valence-corrected chi connectivity index (χ2v) is 7.86. The number of amides is 1. The summed E-state index contributed by atoms with van der Waals surface area (Å²) in [7, 11) is 5.42. The summed E-state index contributed by atoms with van der Waals surface area (Å²) in [4.78, 5) is 20.5. The maximum atomic E-state index is 12.3. The van der Waals surface area contributed by atoms with Gasteiger partial charge < -0.3 is 20.1 Å². The summed E-state index contributed by atoms with van der Waals surface area (Å²) in [6.45, 7) is 7.62. The summed E-state index contributed by atoms with van der Waals surface area (Å²) in [6.07, 6.45) is 5.15. The Bertz CT molecular complexity index is 653. The minimum atomic E-state index is 0.0400. The fourth-order valence-electron chi connectivity index (χ4n) is 3.86. The Balaban J connectivity index is 1.71. The summed E-state index contributed by atoms with van der Waals surface area (Å²) >= 11 is 0. The van der Waals surface area contributed by atoms with Gasteiger partial charge in [0.1, 0.15) is 0 Å². The molecule has 1 fully saturated rings. The molecule has 0 saturated carbocycles. The molecule has 1 aromatic heterocycles. The molecule has 1 atom stereocenters. The number of likely N-dealkylation sites (tertiary alicyclic amines) is 1. The predicted octanol–water partition coefficient (Wildman–Crippen LogP) is 2.19. The first-order chi connectivity index (χ1) is 14.0. The van der Waals surface area contributed by atoms with E-state index in [0.29, 0.717) is 12.5 Å². The largest absolute Gasteiger partial charge is 0.359 e. The Morgan fingerprint density at radius 2 is 2.14 bits per heavy atom. The van der Waals surface area contributed by atoms with Gasteiger partial charge in [0.2, 0.25) is 5.91 Å². The molecule has 1 aliphatic heterocycles. The molecule has 0 aliphatic carbocycles. The summed E-state index contributed by atoms with van der Waals surface area (Å²) in [5.74, 6) is 2.23. The zero-order chi connectivity index (χ0) is 21.2. The van der Waals surface area contributed by atoms with Crippen LogP contribution < -0.4 is 10.6 Å². The lowest BCUT2D eigenvalue weighted by molar-refractivity contribution is -0.133. The monoisotopic (exact) mass is 406 g/mol. The summed E-state index contributed by atoms with van der Waals surface area (Å²) in [5, 5.41) is 10.8. The SMILES string of the molecule is CCC(CC)c1cc(CNC(=NC)NCCCN2CCCC2C(=O)N(C)C)on1. The lowest BCUT2D eigenvalue weighted by atomic mass is 9.99. The van der Waals surface area contributed by atoms with Crippen molar-refractivity contribution in [2.24, 2.45) is 4.99 Å². The highest BCUT2D eigenvalue weighted by atomic mass is 16.5. The molecule has 8 heteroatoms. The van der Waals surface area contributed by atoms with Crippen LogP contribution >= 0.6 is 0 Å². The molecule has 2 heterocycles.